The van der Waals surface area contributed by atoms with E-state index in [-0.39, 0.29) is 12.2 Å². The maximum atomic E-state index is 6.37. The minimum Gasteiger partial charge on any atom is -0.351 e. The Bertz CT molecular complexity index is 502. The van der Waals surface area contributed by atoms with Gasteiger partial charge >= 0.3 is 0 Å². The molecule has 0 radical (unpaired) electrons. The van der Waals surface area contributed by atoms with Crippen molar-refractivity contribution in [3.05, 3.63) is 0 Å². The minimum atomic E-state index is -0.716. The molecule has 0 aromatic carbocycles. The Balaban J connectivity index is 1.61. The van der Waals surface area contributed by atoms with Gasteiger partial charge < -0.3 is 19.1 Å². The van der Waals surface area contributed by atoms with E-state index in [0.717, 1.165) is 25.8 Å². The topological polar surface area (TPSA) is 49.4 Å². The highest BCUT2D eigenvalue weighted by molar-refractivity contribution is 5.09. The largest absolute Gasteiger partial charge is 0.351 e. The number of rotatable bonds is 4. The van der Waals surface area contributed by atoms with Crippen LogP contribution >= 0.6 is 0 Å². The summed E-state index contributed by atoms with van der Waals surface area (Å²) >= 11 is 0. The molecule has 5 fully saturated rings. The number of hydrogen-bond acceptors (Lipinski definition) is 6. The average Bonchev–Trinajstić information content (AvgIpc) is 2.78. The van der Waals surface area contributed by atoms with Gasteiger partial charge in [0.05, 0.1) is 6.61 Å². The van der Waals surface area contributed by atoms with Gasteiger partial charge in [0.15, 0.2) is 18.2 Å². The molecule has 5 rings (SSSR count). The summed E-state index contributed by atoms with van der Waals surface area (Å²) in [6.45, 7) is 8.06. The third kappa shape index (κ3) is 2.86. The molecule has 0 amide bonds. The summed E-state index contributed by atoms with van der Waals surface area (Å²) in [7, 11) is 4.10. The van der Waals surface area contributed by atoms with E-state index in [1.807, 2.05) is 6.92 Å². The quantitative estimate of drug-likeness (QED) is 0.723. The van der Waals surface area contributed by atoms with Crippen LogP contribution in [0.4, 0.5) is 0 Å². The molecular weight excluding hydrogens is 322 g/mol. The zero-order valence-electron chi connectivity index (χ0n) is 16.2. The number of fused-ring (bicyclic) bond motifs is 2. The first-order valence-electron chi connectivity index (χ1n) is 9.82. The summed E-state index contributed by atoms with van der Waals surface area (Å²) in [4.78, 5) is 14.1. The highest BCUT2D eigenvalue weighted by Gasteiger charge is 2.69. The SMILES string of the molecule is C[C@H]1[C@@H](OCCN(C)C)O[C@@H]2O[C@@]3(C)CC[C@H]4[C@H](C)CC[C@@H]1[C@@]24OO3. The van der Waals surface area contributed by atoms with Gasteiger partial charge in [-0.3, -0.25) is 0 Å². The zero-order chi connectivity index (χ0) is 17.8. The Labute approximate surface area is 151 Å². The molecule has 0 aromatic rings. The minimum absolute atomic E-state index is 0.249. The standard InChI is InChI=1S/C19H33NO5/c1-12-6-7-15-13(2)16(21-11-10-20(4)5)22-17-19(15)14(12)8-9-18(3,23-17)24-25-19/h12-17H,6-11H2,1-5H3/t12-,13-,14+,15+,16+,17-,18-,19-/m1/s1. The van der Waals surface area contributed by atoms with E-state index in [9.17, 15) is 0 Å². The predicted octanol–water partition coefficient (Wildman–Crippen LogP) is 2.77. The van der Waals surface area contributed by atoms with Gasteiger partial charge in [-0.25, -0.2) is 9.78 Å². The lowest BCUT2D eigenvalue weighted by Gasteiger charge is -2.60. The van der Waals surface area contributed by atoms with Crippen molar-refractivity contribution in [2.45, 2.75) is 70.4 Å². The molecule has 1 spiro atoms. The van der Waals surface area contributed by atoms with Gasteiger partial charge in [-0.05, 0) is 52.1 Å². The fraction of sp³-hybridized carbons (Fsp3) is 1.00. The first-order valence-corrected chi connectivity index (χ1v) is 9.82. The predicted molar refractivity (Wildman–Crippen MR) is 91.3 cm³/mol. The lowest BCUT2D eigenvalue weighted by atomic mass is 9.58. The van der Waals surface area contributed by atoms with Gasteiger partial charge in [0.25, 0.3) is 0 Å². The summed E-state index contributed by atoms with van der Waals surface area (Å²) in [5, 5.41) is 0. The van der Waals surface area contributed by atoms with E-state index >= 15 is 0 Å². The van der Waals surface area contributed by atoms with Crippen molar-refractivity contribution in [1.82, 2.24) is 4.90 Å². The van der Waals surface area contributed by atoms with Crippen molar-refractivity contribution in [1.29, 1.82) is 0 Å². The van der Waals surface area contributed by atoms with E-state index in [4.69, 9.17) is 24.0 Å². The molecular formula is C19H33NO5. The van der Waals surface area contributed by atoms with Gasteiger partial charge in [0.2, 0.25) is 5.79 Å². The average molecular weight is 355 g/mol. The Morgan fingerprint density at radius 1 is 1.08 bits per heavy atom. The molecule has 4 aliphatic heterocycles. The molecule has 2 bridgehead atoms. The molecule has 8 atom stereocenters. The summed E-state index contributed by atoms with van der Waals surface area (Å²) in [5.41, 5.74) is -0.492. The van der Waals surface area contributed by atoms with Crippen LogP contribution in [0.1, 0.15) is 46.5 Å². The summed E-state index contributed by atoms with van der Waals surface area (Å²) in [6, 6.07) is 0. The Hall–Kier alpha value is -0.240. The lowest BCUT2D eigenvalue weighted by molar-refractivity contribution is -0.577. The number of hydrogen-bond donors (Lipinski definition) is 0. The number of likely N-dealkylation sites (N-methyl/N-ethyl adjacent to an activating group) is 1. The Kier molecular flexibility index (Phi) is 4.66. The second-order valence-corrected chi connectivity index (χ2v) is 8.95. The molecule has 6 nitrogen and oxygen atoms in total. The Morgan fingerprint density at radius 3 is 2.64 bits per heavy atom. The molecule has 4 heterocycles. The molecule has 0 unspecified atom stereocenters. The van der Waals surface area contributed by atoms with Crippen molar-refractivity contribution in [3.8, 4) is 0 Å². The van der Waals surface area contributed by atoms with Crippen LogP contribution in [0.25, 0.3) is 0 Å². The third-order valence-electron chi connectivity index (χ3n) is 6.92. The zero-order valence-corrected chi connectivity index (χ0v) is 16.2. The monoisotopic (exact) mass is 355 g/mol. The molecule has 6 heteroatoms. The highest BCUT2D eigenvalue weighted by Crippen LogP contribution is 2.60. The van der Waals surface area contributed by atoms with Crippen LogP contribution < -0.4 is 0 Å². The van der Waals surface area contributed by atoms with Crippen LogP contribution in [0.3, 0.4) is 0 Å². The summed E-state index contributed by atoms with van der Waals surface area (Å²) < 4.78 is 18.8. The van der Waals surface area contributed by atoms with Crippen molar-refractivity contribution in [2.24, 2.45) is 23.7 Å². The molecule has 144 valence electrons. The molecule has 1 saturated carbocycles. The van der Waals surface area contributed by atoms with Gasteiger partial charge in [-0.15, -0.1) is 0 Å². The molecule has 0 N–H and O–H groups in total. The second kappa shape index (κ2) is 6.43. The van der Waals surface area contributed by atoms with Crippen molar-refractivity contribution in [3.63, 3.8) is 0 Å². The van der Waals surface area contributed by atoms with Gasteiger partial charge in [0.1, 0.15) is 0 Å². The van der Waals surface area contributed by atoms with E-state index in [1.54, 1.807) is 0 Å². The van der Waals surface area contributed by atoms with E-state index < -0.39 is 17.7 Å². The van der Waals surface area contributed by atoms with Crippen molar-refractivity contribution < 1.29 is 24.0 Å². The fourth-order valence-electron chi connectivity index (χ4n) is 5.41. The summed E-state index contributed by atoms with van der Waals surface area (Å²) in [5.74, 6) is 0.869. The smallest absolute Gasteiger partial charge is 0.201 e. The highest BCUT2D eigenvalue weighted by atomic mass is 17.3. The Morgan fingerprint density at radius 2 is 1.88 bits per heavy atom. The van der Waals surface area contributed by atoms with E-state index in [1.165, 1.54) is 6.42 Å². The number of ether oxygens (including phenoxy) is 3. The van der Waals surface area contributed by atoms with E-state index in [2.05, 4.69) is 32.8 Å². The van der Waals surface area contributed by atoms with Crippen LogP contribution in [0, 0.1) is 23.7 Å². The molecule has 5 aliphatic rings. The number of nitrogens with zero attached hydrogens (tertiary/aromatic N) is 1. The van der Waals surface area contributed by atoms with Crippen LogP contribution in [-0.2, 0) is 24.0 Å². The normalized spacial score (nSPS) is 52.1. The van der Waals surface area contributed by atoms with Gasteiger partial charge in [0, 0.05) is 24.8 Å². The van der Waals surface area contributed by atoms with Gasteiger partial charge in [-0.2, -0.15) is 0 Å². The molecule has 4 saturated heterocycles. The van der Waals surface area contributed by atoms with Crippen LogP contribution in [-0.4, -0.2) is 56.1 Å². The molecule has 25 heavy (non-hydrogen) atoms. The summed E-state index contributed by atoms with van der Waals surface area (Å²) in [6.07, 6.45) is 3.58. The van der Waals surface area contributed by atoms with Crippen LogP contribution in [0.2, 0.25) is 0 Å². The second-order valence-electron chi connectivity index (χ2n) is 8.95. The fourth-order valence-corrected chi connectivity index (χ4v) is 5.41. The maximum absolute atomic E-state index is 6.37. The first kappa shape index (κ1) is 18.1. The van der Waals surface area contributed by atoms with Gasteiger partial charge in [-0.1, -0.05) is 13.8 Å². The van der Waals surface area contributed by atoms with Crippen molar-refractivity contribution in [2.75, 3.05) is 27.2 Å². The molecule has 0 aromatic heterocycles. The maximum Gasteiger partial charge on any atom is 0.201 e. The third-order valence-corrected chi connectivity index (χ3v) is 6.92. The first-order chi connectivity index (χ1) is 11.9. The van der Waals surface area contributed by atoms with Crippen LogP contribution in [0.5, 0.6) is 0 Å². The van der Waals surface area contributed by atoms with Crippen molar-refractivity contribution >= 4 is 0 Å². The van der Waals surface area contributed by atoms with E-state index in [0.29, 0.717) is 24.4 Å². The lowest BCUT2D eigenvalue weighted by Crippen LogP contribution is -2.70. The van der Waals surface area contributed by atoms with Crippen LogP contribution in [0.15, 0.2) is 0 Å². The molecule has 1 aliphatic carbocycles.